The van der Waals surface area contributed by atoms with Crippen molar-refractivity contribution in [1.29, 1.82) is 0 Å². The molecule has 0 aliphatic heterocycles. The van der Waals surface area contributed by atoms with E-state index in [0.29, 0.717) is 16.2 Å². The molecule has 0 radical (unpaired) electrons. The van der Waals surface area contributed by atoms with Gasteiger partial charge in [-0.15, -0.1) is 0 Å². The van der Waals surface area contributed by atoms with Crippen LogP contribution in [0.4, 0.5) is 0 Å². The Balaban J connectivity index is 2.47. The van der Waals surface area contributed by atoms with Crippen molar-refractivity contribution in [2.24, 2.45) is 0 Å². The fourth-order valence-electron chi connectivity index (χ4n) is 1.55. The molecule has 0 saturated heterocycles. The van der Waals surface area contributed by atoms with Crippen molar-refractivity contribution < 1.29 is 12.8 Å². The summed E-state index contributed by atoms with van der Waals surface area (Å²) in [7, 11) is -3.13. The lowest BCUT2D eigenvalue weighted by Gasteiger charge is -2.05. The monoisotopic (exact) mass is 272 g/mol. The van der Waals surface area contributed by atoms with E-state index in [1.54, 1.807) is 32.0 Å². The second-order valence-electron chi connectivity index (χ2n) is 4.26. The third-order valence-electron chi connectivity index (χ3n) is 2.69. The first kappa shape index (κ1) is 12.5. The Morgan fingerprint density at radius 1 is 1.35 bits per heavy atom. The highest BCUT2D eigenvalue weighted by atomic mass is 35.5. The van der Waals surface area contributed by atoms with Gasteiger partial charge in [-0.1, -0.05) is 11.6 Å². The zero-order valence-corrected chi connectivity index (χ0v) is 11.2. The van der Waals surface area contributed by atoms with Gasteiger partial charge < -0.3 is 4.42 Å². The SMILES string of the molecule is CC(C)S(=O)(=O)Cc1coc2ccc(Cl)cc12. The van der Waals surface area contributed by atoms with Crippen LogP contribution in [-0.2, 0) is 15.6 Å². The molecule has 2 aromatic rings. The molecule has 0 N–H and O–H groups in total. The lowest BCUT2D eigenvalue weighted by atomic mass is 10.2. The van der Waals surface area contributed by atoms with Gasteiger partial charge in [-0.2, -0.15) is 0 Å². The van der Waals surface area contributed by atoms with Crippen LogP contribution in [0.25, 0.3) is 11.0 Å². The van der Waals surface area contributed by atoms with Gasteiger partial charge in [0.25, 0.3) is 0 Å². The second kappa shape index (κ2) is 4.35. The lowest BCUT2D eigenvalue weighted by Crippen LogP contribution is -2.15. The Morgan fingerprint density at radius 2 is 2.06 bits per heavy atom. The van der Waals surface area contributed by atoms with E-state index in [1.807, 2.05) is 0 Å². The van der Waals surface area contributed by atoms with E-state index in [9.17, 15) is 8.42 Å². The van der Waals surface area contributed by atoms with E-state index in [0.717, 1.165) is 5.39 Å². The van der Waals surface area contributed by atoms with Gasteiger partial charge in [0.15, 0.2) is 9.84 Å². The molecule has 3 nitrogen and oxygen atoms in total. The molecule has 1 aromatic carbocycles. The van der Waals surface area contributed by atoms with Crippen molar-refractivity contribution in [1.82, 2.24) is 0 Å². The van der Waals surface area contributed by atoms with Gasteiger partial charge in [-0.05, 0) is 32.0 Å². The molecule has 0 aliphatic rings. The Bertz CT molecular complexity index is 641. The van der Waals surface area contributed by atoms with Gasteiger partial charge in [0, 0.05) is 16.0 Å². The van der Waals surface area contributed by atoms with Crippen molar-refractivity contribution >= 4 is 32.4 Å². The largest absolute Gasteiger partial charge is 0.464 e. The summed E-state index contributed by atoms with van der Waals surface area (Å²) in [5.41, 5.74) is 1.32. The van der Waals surface area contributed by atoms with Crippen LogP contribution >= 0.6 is 11.6 Å². The van der Waals surface area contributed by atoms with Crippen molar-refractivity contribution in [3.05, 3.63) is 35.0 Å². The molecule has 0 bridgehead atoms. The Morgan fingerprint density at radius 3 is 2.71 bits per heavy atom. The highest BCUT2D eigenvalue weighted by Crippen LogP contribution is 2.26. The summed E-state index contributed by atoms with van der Waals surface area (Å²) in [6, 6.07) is 5.18. The minimum atomic E-state index is -3.13. The summed E-state index contributed by atoms with van der Waals surface area (Å²) in [5, 5.41) is 0.940. The summed E-state index contributed by atoms with van der Waals surface area (Å²) in [6.07, 6.45) is 1.49. The number of hydrogen-bond donors (Lipinski definition) is 0. The quantitative estimate of drug-likeness (QED) is 0.860. The van der Waals surface area contributed by atoms with Crippen LogP contribution in [0.2, 0.25) is 5.02 Å². The molecule has 0 atom stereocenters. The Kier molecular flexibility index (Phi) is 3.19. The zero-order chi connectivity index (χ0) is 12.6. The Hall–Kier alpha value is -1.00. The Labute approximate surface area is 105 Å². The van der Waals surface area contributed by atoms with Gasteiger partial charge in [0.05, 0.1) is 17.3 Å². The summed E-state index contributed by atoms with van der Waals surface area (Å²) in [4.78, 5) is 0. The van der Waals surface area contributed by atoms with Crippen molar-refractivity contribution in [2.45, 2.75) is 24.9 Å². The van der Waals surface area contributed by atoms with Gasteiger partial charge in [0.1, 0.15) is 5.58 Å². The van der Waals surface area contributed by atoms with Crippen molar-refractivity contribution in [3.8, 4) is 0 Å². The predicted molar refractivity (Wildman–Crippen MR) is 69.0 cm³/mol. The van der Waals surface area contributed by atoms with E-state index in [4.69, 9.17) is 16.0 Å². The van der Waals surface area contributed by atoms with E-state index >= 15 is 0 Å². The van der Waals surface area contributed by atoms with E-state index in [2.05, 4.69) is 0 Å². The maximum Gasteiger partial charge on any atom is 0.156 e. The number of halogens is 1. The van der Waals surface area contributed by atoms with Crippen LogP contribution in [0.15, 0.2) is 28.9 Å². The third kappa shape index (κ3) is 2.48. The molecule has 92 valence electrons. The van der Waals surface area contributed by atoms with Gasteiger partial charge in [-0.3, -0.25) is 0 Å². The summed E-state index contributed by atoms with van der Waals surface area (Å²) in [6.45, 7) is 3.34. The summed E-state index contributed by atoms with van der Waals surface area (Å²) >= 11 is 5.89. The highest BCUT2D eigenvalue weighted by Gasteiger charge is 2.19. The fraction of sp³-hybridized carbons (Fsp3) is 0.333. The molecule has 0 unspecified atom stereocenters. The van der Waals surface area contributed by atoms with Gasteiger partial charge in [0.2, 0.25) is 0 Å². The maximum absolute atomic E-state index is 11.9. The lowest BCUT2D eigenvalue weighted by molar-refractivity contribution is 0.584. The highest BCUT2D eigenvalue weighted by molar-refractivity contribution is 7.91. The number of rotatable bonds is 3. The van der Waals surface area contributed by atoms with Crippen LogP contribution in [0, 0.1) is 0 Å². The predicted octanol–water partition coefficient (Wildman–Crippen LogP) is 3.41. The van der Waals surface area contributed by atoms with Crippen LogP contribution in [-0.4, -0.2) is 13.7 Å². The first-order valence-corrected chi connectivity index (χ1v) is 7.36. The third-order valence-corrected chi connectivity index (χ3v) is 5.08. The molecular weight excluding hydrogens is 260 g/mol. The molecule has 0 saturated carbocycles. The molecule has 0 aliphatic carbocycles. The van der Waals surface area contributed by atoms with Crippen LogP contribution in [0.1, 0.15) is 19.4 Å². The maximum atomic E-state index is 11.9. The minimum absolute atomic E-state index is 0.0159. The molecular formula is C12H13ClO3S. The number of benzene rings is 1. The average Bonchev–Trinajstić information content (AvgIpc) is 2.60. The van der Waals surface area contributed by atoms with E-state index in [1.165, 1.54) is 6.26 Å². The molecule has 0 fully saturated rings. The standard InChI is InChI=1S/C12H13ClO3S/c1-8(2)17(14,15)7-9-6-16-12-4-3-10(13)5-11(9)12/h3-6,8H,7H2,1-2H3. The van der Waals surface area contributed by atoms with Crippen LogP contribution < -0.4 is 0 Å². The molecule has 5 heteroatoms. The van der Waals surface area contributed by atoms with Gasteiger partial charge >= 0.3 is 0 Å². The molecule has 2 rings (SSSR count). The minimum Gasteiger partial charge on any atom is -0.464 e. The smallest absolute Gasteiger partial charge is 0.156 e. The molecule has 0 amide bonds. The van der Waals surface area contributed by atoms with E-state index < -0.39 is 15.1 Å². The fourth-order valence-corrected chi connectivity index (χ4v) is 2.71. The number of furan rings is 1. The van der Waals surface area contributed by atoms with Crippen molar-refractivity contribution in [3.63, 3.8) is 0 Å². The normalized spacial score (nSPS) is 12.5. The second-order valence-corrected chi connectivity index (χ2v) is 7.25. The summed E-state index contributed by atoms with van der Waals surface area (Å²) < 4.78 is 29.0. The van der Waals surface area contributed by atoms with Crippen LogP contribution in [0.3, 0.4) is 0 Å². The molecule has 1 aromatic heterocycles. The first-order valence-electron chi connectivity index (χ1n) is 5.27. The molecule has 0 spiro atoms. The summed E-state index contributed by atoms with van der Waals surface area (Å²) in [5.74, 6) is -0.0159. The number of fused-ring (bicyclic) bond motifs is 1. The first-order chi connectivity index (χ1) is 7.90. The average molecular weight is 273 g/mol. The number of sulfone groups is 1. The number of hydrogen-bond acceptors (Lipinski definition) is 3. The molecule has 1 heterocycles. The zero-order valence-electron chi connectivity index (χ0n) is 9.60. The molecule has 17 heavy (non-hydrogen) atoms. The van der Waals surface area contributed by atoms with E-state index in [-0.39, 0.29) is 5.75 Å². The van der Waals surface area contributed by atoms with Crippen molar-refractivity contribution in [2.75, 3.05) is 0 Å². The van der Waals surface area contributed by atoms with Gasteiger partial charge in [-0.25, -0.2) is 8.42 Å². The van der Waals surface area contributed by atoms with Crippen LogP contribution in [0.5, 0.6) is 0 Å². The topological polar surface area (TPSA) is 47.3 Å².